The lowest BCUT2D eigenvalue weighted by atomic mass is 10.1. The maximum atomic E-state index is 13.0. The van der Waals surface area contributed by atoms with E-state index in [0.29, 0.717) is 24.4 Å². The third-order valence-corrected chi connectivity index (χ3v) is 3.80. The molecule has 0 unspecified atom stereocenters. The molecule has 0 heterocycles. The first-order valence-electron chi connectivity index (χ1n) is 8.47. The van der Waals surface area contributed by atoms with Gasteiger partial charge in [0.2, 0.25) is 0 Å². The van der Waals surface area contributed by atoms with Crippen molar-refractivity contribution in [2.24, 2.45) is 5.73 Å². The van der Waals surface area contributed by atoms with Crippen LogP contribution in [0.5, 0.6) is 11.5 Å². The average Bonchev–Trinajstić information content (AvgIpc) is 2.66. The van der Waals surface area contributed by atoms with Crippen LogP contribution < -0.4 is 15.2 Å². The second-order valence-corrected chi connectivity index (χ2v) is 5.82. The van der Waals surface area contributed by atoms with E-state index >= 15 is 0 Å². The highest BCUT2D eigenvalue weighted by atomic mass is 16.5. The van der Waals surface area contributed by atoms with Crippen LogP contribution in [0.15, 0.2) is 48.5 Å². The minimum absolute atomic E-state index is 0.109. The Morgan fingerprint density at radius 3 is 2.58 bits per heavy atom. The van der Waals surface area contributed by atoms with Crippen molar-refractivity contribution >= 4 is 11.8 Å². The molecule has 0 saturated carbocycles. The Labute approximate surface area is 153 Å². The number of ether oxygens (including phenoxy) is 2. The van der Waals surface area contributed by atoms with Crippen molar-refractivity contribution in [3.8, 4) is 11.5 Å². The Kier molecular flexibility index (Phi) is 7.02. The molecule has 0 aliphatic heterocycles. The normalized spacial score (nSPS) is 10.2. The largest absolute Gasteiger partial charge is 0.496 e. The van der Waals surface area contributed by atoms with Crippen molar-refractivity contribution < 1.29 is 19.1 Å². The monoisotopic (exact) mass is 356 g/mol. The first-order chi connectivity index (χ1) is 12.5. The van der Waals surface area contributed by atoms with Crippen molar-refractivity contribution in [3.05, 3.63) is 59.7 Å². The van der Waals surface area contributed by atoms with E-state index in [0.717, 1.165) is 17.7 Å². The number of primary amides is 1. The summed E-state index contributed by atoms with van der Waals surface area (Å²) in [5.74, 6) is 0.510. The molecule has 0 aliphatic carbocycles. The molecule has 138 valence electrons. The van der Waals surface area contributed by atoms with Crippen LogP contribution in [0, 0.1) is 0 Å². The van der Waals surface area contributed by atoms with E-state index in [1.165, 1.54) is 0 Å². The number of hydrogen-bond acceptors (Lipinski definition) is 4. The summed E-state index contributed by atoms with van der Waals surface area (Å²) >= 11 is 0. The van der Waals surface area contributed by atoms with Gasteiger partial charge in [-0.2, -0.15) is 0 Å². The minimum Gasteiger partial charge on any atom is -0.496 e. The number of nitrogens with zero attached hydrogens (tertiary/aromatic N) is 1. The topological polar surface area (TPSA) is 81.9 Å². The molecule has 0 bridgehead atoms. The van der Waals surface area contributed by atoms with Gasteiger partial charge >= 0.3 is 0 Å². The molecule has 0 spiro atoms. The summed E-state index contributed by atoms with van der Waals surface area (Å²) in [6.07, 6.45) is 0.832. The van der Waals surface area contributed by atoms with Gasteiger partial charge in [0.05, 0.1) is 7.11 Å². The molecule has 2 aromatic rings. The van der Waals surface area contributed by atoms with Gasteiger partial charge in [-0.25, -0.2) is 0 Å². The van der Waals surface area contributed by atoms with E-state index in [2.05, 4.69) is 0 Å². The Morgan fingerprint density at radius 2 is 1.88 bits per heavy atom. The van der Waals surface area contributed by atoms with Gasteiger partial charge in [0, 0.05) is 24.2 Å². The maximum absolute atomic E-state index is 13.0. The van der Waals surface area contributed by atoms with Crippen molar-refractivity contribution in [1.82, 2.24) is 4.90 Å². The Balaban J connectivity index is 2.20. The summed E-state index contributed by atoms with van der Waals surface area (Å²) < 4.78 is 10.7. The van der Waals surface area contributed by atoms with Crippen LogP contribution in [-0.2, 0) is 11.3 Å². The molecule has 2 N–H and O–H groups in total. The van der Waals surface area contributed by atoms with Gasteiger partial charge in [-0.15, -0.1) is 0 Å². The summed E-state index contributed by atoms with van der Waals surface area (Å²) in [6, 6.07) is 14.4. The molecule has 0 radical (unpaired) electrons. The van der Waals surface area contributed by atoms with Crippen molar-refractivity contribution in [3.63, 3.8) is 0 Å². The number of carbonyl (C=O) groups excluding carboxylic acids is 2. The second kappa shape index (κ2) is 9.46. The van der Waals surface area contributed by atoms with E-state index in [4.69, 9.17) is 15.2 Å². The van der Waals surface area contributed by atoms with Gasteiger partial charge in [-0.05, 0) is 30.7 Å². The lowest BCUT2D eigenvalue weighted by molar-refractivity contribution is -0.119. The first-order valence-corrected chi connectivity index (χ1v) is 8.47. The number of methoxy groups -OCH3 is 1. The highest BCUT2D eigenvalue weighted by Gasteiger charge is 2.17. The van der Waals surface area contributed by atoms with Gasteiger partial charge < -0.3 is 20.1 Å². The zero-order chi connectivity index (χ0) is 18.9. The van der Waals surface area contributed by atoms with Crippen LogP contribution in [-0.4, -0.2) is 37.0 Å². The van der Waals surface area contributed by atoms with Crippen molar-refractivity contribution in [2.45, 2.75) is 19.9 Å². The molecule has 0 saturated heterocycles. The molecule has 6 nitrogen and oxygen atoms in total. The first kappa shape index (κ1) is 19.3. The predicted octanol–water partition coefficient (Wildman–Crippen LogP) is 2.61. The third kappa shape index (κ3) is 5.24. The molecule has 0 aromatic heterocycles. The van der Waals surface area contributed by atoms with E-state index in [1.807, 2.05) is 31.2 Å². The van der Waals surface area contributed by atoms with Crippen LogP contribution in [0.4, 0.5) is 0 Å². The lowest BCUT2D eigenvalue weighted by Crippen LogP contribution is -2.31. The molecule has 2 amide bonds. The van der Waals surface area contributed by atoms with Gasteiger partial charge in [-0.3, -0.25) is 9.59 Å². The summed E-state index contributed by atoms with van der Waals surface area (Å²) in [5, 5.41) is 0. The van der Waals surface area contributed by atoms with Gasteiger partial charge in [0.25, 0.3) is 11.8 Å². The van der Waals surface area contributed by atoms with Crippen LogP contribution in [0.2, 0.25) is 0 Å². The number of carbonyl (C=O) groups is 2. The second-order valence-electron chi connectivity index (χ2n) is 5.82. The highest BCUT2D eigenvalue weighted by molar-refractivity contribution is 5.94. The minimum atomic E-state index is -0.564. The number of nitrogens with two attached hydrogens (primary N) is 1. The van der Waals surface area contributed by atoms with Crippen LogP contribution in [0.1, 0.15) is 29.3 Å². The van der Waals surface area contributed by atoms with Crippen molar-refractivity contribution in [2.75, 3.05) is 20.3 Å². The quantitative estimate of drug-likeness (QED) is 0.749. The Bertz CT molecular complexity index is 761. The lowest BCUT2D eigenvalue weighted by Gasteiger charge is -2.23. The summed E-state index contributed by atoms with van der Waals surface area (Å²) in [4.78, 5) is 25.6. The van der Waals surface area contributed by atoms with E-state index in [-0.39, 0.29) is 12.5 Å². The molecular weight excluding hydrogens is 332 g/mol. The van der Waals surface area contributed by atoms with Gasteiger partial charge in [0.15, 0.2) is 6.61 Å². The number of benzene rings is 2. The molecule has 0 fully saturated rings. The van der Waals surface area contributed by atoms with Gasteiger partial charge in [-0.1, -0.05) is 31.2 Å². The fraction of sp³-hybridized carbons (Fsp3) is 0.300. The van der Waals surface area contributed by atoms with Gasteiger partial charge in [0.1, 0.15) is 11.5 Å². The number of para-hydroxylation sites is 1. The van der Waals surface area contributed by atoms with Crippen LogP contribution in [0.25, 0.3) is 0 Å². The van der Waals surface area contributed by atoms with E-state index in [9.17, 15) is 9.59 Å². The highest BCUT2D eigenvalue weighted by Crippen LogP contribution is 2.21. The Hall–Kier alpha value is -3.02. The van der Waals surface area contributed by atoms with Crippen molar-refractivity contribution in [1.29, 1.82) is 0 Å². The molecule has 2 aromatic carbocycles. The number of rotatable bonds is 9. The average molecular weight is 356 g/mol. The summed E-state index contributed by atoms with van der Waals surface area (Å²) in [6.45, 7) is 2.86. The molecule has 2 rings (SSSR count). The smallest absolute Gasteiger partial charge is 0.255 e. The zero-order valence-corrected chi connectivity index (χ0v) is 15.1. The fourth-order valence-corrected chi connectivity index (χ4v) is 2.62. The molecule has 0 atom stereocenters. The fourth-order valence-electron chi connectivity index (χ4n) is 2.62. The predicted molar refractivity (Wildman–Crippen MR) is 99.2 cm³/mol. The zero-order valence-electron chi connectivity index (χ0n) is 15.1. The van der Waals surface area contributed by atoms with E-state index in [1.54, 1.807) is 36.3 Å². The number of amides is 2. The standard InChI is InChI=1S/C20H24N2O4/c1-3-11-22(13-16-7-4-5-10-18(16)25-2)20(24)15-8-6-9-17(12-15)26-14-19(21)23/h4-10,12H,3,11,13-14H2,1-2H3,(H2,21,23). The maximum Gasteiger partial charge on any atom is 0.255 e. The molecule has 26 heavy (non-hydrogen) atoms. The third-order valence-electron chi connectivity index (χ3n) is 3.80. The molecule has 0 aliphatic rings. The van der Waals surface area contributed by atoms with Crippen LogP contribution in [0.3, 0.4) is 0 Å². The number of hydrogen-bond donors (Lipinski definition) is 1. The molecular formula is C20H24N2O4. The summed E-state index contributed by atoms with van der Waals surface area (Å²) in [5.41, 5.74) is 6.53. The van der Waals surface area contributed by atoms with E-state index < -0.39 is 5.91 Å². The SMILES string of the molecule is CCCN(Cc1ccccc1OC)C(=O)c1cccc(OCC(N)=O)c1. The summed E-state index contributed by atoms with van der Waals surface area (Å²) in [7, 11) is 1.62. The van der Waals surface area contributed by atoms with Crippen LogP contribution >= 0.6 is 0 Å². The molecule has 6 heteroatoms. The Morgan fingerprint density at radius 1 is 1.12 bits per heavy atom.